The highest BCUT2D eigenvalue weighted by Crippen LogP contribution is 2.29. The molecule has 0 radical (unpaired) electrons. The topological polar surface area (TPSA) is 49.6 Å². The molecule has 1 unspecified atom stereocenters. The van der Waals surface area contributed by atoms with Gasteiger partial charge in [-0.15, -0.1) is 0 Å². The molecule has 2 fully saturated rings. The summed E-state index contributed by atoms with van der Waals surface area (Å²) in [7, 11) is 4.09. The molecule has 1 aliphatic heterocycles. The highest BCUT2D eigenvalue weighted by atomic mass is 16.2. The average molecular weight is 267 g/mol. The highest BCUT2D eigenvalue weighted by molar-refractivity contribution is 5.77. The first-order chi connectivity index (χ1) is 9.00. The molecule has 1 saturated carbocycles. The lowest BCUT2D eigenvalue weighted by molar-refractivity contribution is -0.132. The number of hydrogen-bond donors (Lipinski definition) is 1. The van der Waals surface area contributed by atoms with Crippen molar-refractivity contribution in [3.63, 3.8) is 0 Å². The Balaban J connectivity index is 1.81. The van der Waals surface area contributed by atoms with Crippen LogP contribution in [-0.2, 0) is 4.79 Å². The molecule has 0 spiro atoms. The summed E-state index contributed by atoms with van der Waals surface area (Å²) in [5.74, 6) is 0.227. The third-order valence-corrected chi connectivity index (χ3v) is 4.93. The predicted molar refractivity (Wildman–Crippen MR) is 77.9 cm³/mol. The Kier molecular flexibility index (Phi) is 4.85. The molecule has 1 amide bonds. The minimum absolute atomic E-state index is 0.227. The third kappa shape index (κ3) is 3.93. The van der Waals surface area contributed by atoms with Gasteiger partial charge in [-0.2, -0.15) is 0 Å². The second-order valence-electron chi connectivity index (χ2n) is 6.65. The monoisotopic (exact) mass is 267 g/mol. The summed E-state index contributed by atoms with van der Waals surface area (Å²) in [4.78, 5) is 16.6. The molecule has 2 rings (SSSR count). The van der Waals surface area contributed by atoms with Gasteiger partial charge in [0.05, 0.1) is 0 Å². The van der Waals surface area contributed by atoms with Gasteiger partial charge in [0.25, 0.3) is 0 Å². The van der Waals surface area contributed by atoms with Gasteiger partial charge in [-0.3, -0.25) is 4.79 Å². The van der Waals surface area contributed by atoms with Crippen LogP contribution >= 0.6 is 0 Å². The molecule has 1 saturated heterocycles. The number of rotatable bonds is 4. The fraction of sp³-hybridized carbons (Fsp3) is 0.933. The van der Waals surface area contributed by atoms with Crippen LogP contribution in [0.3, 0.4) is 0 Å². The van der Waals surface area contributed by atoms with Crippen LogP contribution < -0.4 is 5.73 Å². The van der Waals surface area contributed by atoms with Crippen LogP contribution in [0.4, 0.5) is 0 Å². The molecular weight excluding hydrogens is 238 g/mol. The van der Waals surface area contributed by atoms with E-state index >= 15 is 0 Å². The minimum atomic E-state index is -0.231. The zero-order valence-electron chi connectivity index (χ0n) is 12.5. The van der Waals surface area contributed by atoms with E-state index in [4.69, 9.17) is 5.73 Å². The molecule has 1 aliphatic carbocycles. The molecular formula is C15H29N3O. The van der Waals surface area contributed by atoms with E-state index < -0.39 is 0 Å². The molecule has 4 heteroatoms. The molecule has 4 nitrogen and oxygen atoms in total. The van der Waals surface area contributed by atoms with E-state index in [-0.39, 0.29) is 11.4 Å². The largest absolute Gasteiger partial charge is 0.344 e. The van der Waals surface area contributed by atoms with Crippen molar-refractivity contribution in [3.8, 4) is 0 Å². The van der Waals surface area contributed by atoms with Crippen LogP contribution in [0, 0.1) is 0 Å². The van der Waals surface area contributed by atoms with E-state index in [1.165, 1.54) is 32.1 Å². The number of nitrogens with two attached hydrogens (primary N) is 1. The fourth-order valence-corrected chi connectivity index (χ4v) is 3.50. The molecule has 110 valence electrons. The van der Waals surface area contributed by atoms with Gasteiger partial charge >= 0.3 is 0 Å². The number of hydrogen-bond acceptors (Lipinski definition) is 3. The summed E-state index contributed by atoms with van der Waals surface area (Å²) in [5, 5.41) is 0. The normalized spacial score (nSPS) is 27.4. The van der Waals surface area contributed by atoms with Crippen molar-refractivity contribution >= 4 is 5.91 Å². The summed E-state index contributed by atoms with van der Waals surface area (Å²) >= 11 is 0. The number of carbonyl (C=O) groups is 1. The van der Waals surface area contributed by atoms with Crippen LogP contribution in [-0.4, -0.2) is 54.5 Å². The van der Waals surface area contributed by atoms with Crippen LogP contribution in [0.2, 0.25) is 0 Å². The number of amides is 1. The van der Waals surface area contributed by atoms with E-state index in [9.17, 15) is 4.79 Å². The van der Waals surface area contributed by atoms with Gasteiger partial charge in [0.1, 0.15) is 0 Å². The van der Waals surface area contributed by atoms with Gasteiger partial charge in [0.15, 0.2) is 0 Å². The smallest absolute Gasteiger partial charge is 0.224 e. The molecule has 2 aliphatic rings. The Hall–Kier alpha value is -0.610. The first-order valence-corrected chi connectivity index (χ1v) is 7.73. The zero-order chi connectivity index (χ0) is 13.9. The van der Waals surface area contributed by atoms with Crippen LogP contribution in [0.25, 0.3) is 0 Å². The summed E-state index contributed by atoms with van der Waals surface area (Å²) in [6.07, 6.45) is 8.64. The molecule has 1 heterocycles. The first kappa shape index (κ1) is 14.8. The minimum Gasteiger partial charge on any atom is -0.344 e. The van der Waals surface area contributed by atoms with Gasteiger partial charge < -0.3 is 15.5 Å². The average Bonchev–Trinajstić information content (AvgIpc) is 2.75. The van der Waals surface area contributed by atoms with Crippen LogP contribution in [0.5, 0.6) is 0 Å². The highest BCUT2D eigenvalue weighted by Gasteiger charge is 2.32. The number of nitrogens with zero attached hydrogens (tertiary/aromatic N) is 2. The maximum atomic E-state index is 12.3. The zero-order valence-corrected chi connectivity index (χ0v) is 12.5. The van der Waals surface area contributed by atoms with E-state index in [0.717, 1.165) is 25.9 Å². The summed E-state index contributed by atoms with van der Waals surface area (Å²) in [5.41, 5.74) is 6.14. The second-order valence-corrected chi connectivity index (χ2v) is 6.65. The van der Waals surface area contributed by atoms with E-state index in [1.807, 2.05) is 11.9 Å². The number of likely N-dealkylation sites (tertiary alicyclic amines) is 1. The van der Waals surface area contributed by atoms with Crippen molar-refractivity contribution < 1.29 is 4.79 Å². The Morgan fingerprint density at radius 3 is 2.58 bits per heavy atom. The van der Waals surface area contributed by atoms with Crippen molar-refractivity contribution in [1.29, 1.82) is 0 Å². The van der Waals surface area contributed by atoms with Gasteiger partial charge in [-0.1, -0.05) is 19.3 Å². The van der Waals surface area contributed by atoms with Crippen molar-refractivity contribution in [3.05, 3.63) is 0 Å². The predicted octanol–water partition coefficient (Wildman–Crippen LogP) is 1.59. The van der Waals surface area contributed by atoms with Gasteiger partial charge in [-0.25, -0.2) is 0 Å². The maximum absolute atomic E-state index is 12.3. The van der Waals surface area contributed by atoms with E-state index in [1.54, 1.807) is 0 Å². The molecule has 0 aromatic rings. The molecule has 2 N–H and O–H groups in total. The fourth-order valence-electron chi connectivity index (χ4n) is 3.50. The van der Waals surface area contributed by atoms with Crippen LogP contribution in [0.1, 0.15) is 51.4 Å². The van der Waals surface area contributed by atoms with Crippen molar-refractivity contribution in [2.75, 3.05) is 27.2 Å². The Morgan fingerprint density at radius 1 is 1.32 bits per heavy atom. The molecule has 0 aromatic heterocycles. The maximum Gasteiger partial charge on any atom is 0.224 e. The Labute approximate surface area is 117 Å². The lowest BCUT2D eigenvalue weighted by Crippen LogP contribution is -2.48. The van der Waals surface area contributed by atoms with Gasteiger partial charge in [0.2, 0.25) is 5.91 Å². The quantitative estimate of drug-likeness (QED) is 0.841. The summed E-state index contributed by atoms with van der Waals surface area (Å²) < 4.78 is 0. The van der Waals surface area contributed by atoms with E-state index in [0.29, 0.717) is 12.5 Å². The second kappa shape index (κ2) is 6.23. The first-order valence-electron chi connectivity index (χ1n) is 7.73. The summed E-state index contributed by atoms with van der Waals surface area (Å²) in [6.45, 7) is 2.01. The SMILES string of the molecule is CN(CC1CCCN1C)C(=O)CC1(N)CCCCC1. The number of carbonyl (C=O) groups excluding carboxylic acids is 1. The van der Waals surface area contributed by atoms with Crippen molar-refractivity contribution in [2.45, 2.75) is 62.9 Å². The molecule has 19 heavy (non-hydrogen) atoms. The summed E-state index contributed by atoms with van der Waals surface area (Å²) in [6, 6.07) is 0.536. The third-order valence-electron chi connectivity index (χ3n) is 4.93. The van der Waals surface area contributed by atoms with Crippen molar-refractivity contribution in [1.82, 2.24) is 9.80 Å². The molecule has 0 bridgehead atoms. The van der Waals surface area contributed by atoms with Crippen LogP contribution in [0.15, 0.2) is 0 Å². The Morgan fingerprint density at radius 2 is 2.00 bits per heavy atom. The van der Waals surface area contributed by atoms with Gasteiger partial charge in [-0.05, 0) is 39.3 Å². The van der Waals surface area contributed by atoms with Crippen molar-refractivity contribution in [2.24, 2.45) is 5.73 Å². The lowest BCUT2D eigenvalue weighted by atomic mass is 9.80. The standard InChI is InChI=1S/C15H29N3O/c1-17-10-6-7-13(17)12-18(2)14(19)11-15(16)8-4-3-5-9-15/h13H,3-12,16H2,1-2H3. The van der Waals surface area contributed by atoms with Gasteiger partial charge in [0, 0.05) is 31.6 Å². The lowest BCUT2D eigenvalue weighted by Gasteiger charge is -2.35. The molecule has 0 aromatic carbocycles. The Bertz CT molecular complexity index is 313. The number of likely N-dealkylation sites (N-methyl/N-ethyl adjacent to an activating group) is 2. The van der Waals surface area contributed by atoms with E-state index in [2.05, 4.69) is 11.9 Å². The molecule has 1 atom stereocenters.